The van der Waals surface area contributed by atoms with Crippen LogP contribution in [0, 0.1) is 27.9 Å². The number of hydrogen-bond acceptors (Lipinski definition) is 5. The Balaban J connectivity index is 1.77. The quantitative estimate of drug-likeness (QED) is 0.381. The Morgan fingerprint density at radius 3 is 2.47 bits per heavy atom. The molecule has 0 N–H and O–H groups in total. The summed E-state index contributed by atoms with van der Waals surface area (Å²) in [5.74, 6) is -2.21. The molecule has 3 amide bonds. The summed E-state index contributed by atoms with van der Waals surface area (Å²) in [7, 11) is 0. The Morgan fingerprint density at radius 1 is 1.09 bits per heavy atom. The number of hydrazine groups is 1. The zero-order chi connectivity index (χ0) is 23.0. The molecule has 32 heavy (non-hydrogen) atoms. The second-order valence-corrected chi connectivity index (χ2v) is 8.76. The van der Waals surface area contributed by atoms with Crippen molar-refractivity contribution >= 4 is 35.0 Å². The SMILES string of the molecule is C[C@@H]1CC[C@@H]2C(=O)N(N(Cc3ccccc3[N+](=O)[O-])C(=O)c3ccccc3Cl)C(=O)[C@H]2C1. The molecule has 2 aromatic carbocycles. The number of rotatable bonds is 5. The van der Waals surface area contributed by atoms with Gasteiger partial charge < -0.3 is 0 Å². The molecule has 2 aliphatic rings. The Bertz CT molecular complexity index is 1100. The van der Waals surface area contributed by atoms with Gasteiger partial charge in [0.15, 0.2) is 0 Å². The summed E-state index contributed by atoms with van der Waals surface area (Å²) in [6.45, 7) is 1.73. The van der Waals surface area contributed by atoms with E-state index in [4.69, 9.17) is 11.6 Å². The van der Waals surface area contributed by atoms with E-state index in [-0.39, 0.29) is 28.4 Å². The van der Waals surface area contributed by atoms with Crippen molar-refractivity contribution in [2.75, 3.05) is 0 Å². The number of carbonyl (C=O) groups excluding carboxylic acids is 3. The first-order valence-electron chi connectivity index (χ1n) is 10.5. The van der Waals surface area contributed by atoms with E-state index in [9.17, 15) is 24.5 Å². The summed E-state index contributed by atoms with van der Waals surface area (Å²) in [4.78, 5) is 51.1. The average molecular weight is 456 g/mol. The van der Waals surface area contributed by atoms with Gasteiger partial charge in [-0.3, -0.25) is 24.5 Å². The van der Waals surface area contributed by atoms with E-state index >= 15 is 0 Å². The molecule has 0 aromatic heterocycles. The largest absolute Gasteiger partial charge is 0.274 e. The van der Waals surface area contributed by atoms with Crippen molar-refractivity contribution in [1.29, 1.82) is 0 Å². The third kappa shape index (κ3) is 3.86. The zero-order valence-corrected chi connectivity index (χ0v) is 18.2. The minimum absolute atomic E-state index is 0.108. The average Bonchev–Trinajstić information content (AvgIpc) is 3.01. The van der Waals surface area contributed by atoms with Gasteiger partial charge in [-0.25, -0.2) is 5.01 Å². The molecule has 2 fully saturated rings. The Kier molecular flexibility index (Phi) is 5.97. The van der Waals surface area contributed by atoms with E-state index in [1.165, 1.54) is 30.3 Å². The van der Waals surface area contributed by atoms with Crippen LogP contribution in [0.25, 0.3) is 0 Å². The lowest BCUT2D eigenvalue weighted by Crippen LogP contribution is -2.50. The molecule has 0 radical (unpaired) electrons. The molecule has 4 rings (SSSR count). The molecule has 0 bridgehead atoms. The van der Waals surface area contributed by atoms with Gasteiger partial charge in [-0.1, -0.05) is 48.9 Å². The second-order valence-electron chi connectivity index (χ2n) is 8.35. The molecule has 0 unspecified atom stereocenters. The highest BCUT2D eigenvalue weighted by molar-refractivity contribution is 6.33. The van der Waals surface area contributed by atoms with Crippen molar-refractivity contribution in [1.82, 2.24) is 10.0 Å². The van der Waals surface area contributed by atoms with Gasteiger partial charge in [0.1, 0.15) is 0 Å². The lowest BCUT2D eigenvalue weighted by atomic mass is 9.76. The molecule has 1 saturated carbocycles. The Labute approximate surface area is 189 Å². The topological polar surface area (TPSA) is 101 Å². The lowest BCUT2D eigenvalue weighted by Gasteiger charge is -2.30. The monoisotopic (exact) mass is 455 g/mol. The van der Waals surface area contributed by atoms with Crippen LogP contribution in [0.15, 0.2) is 48.5 Å². The lowest BCUT2D eigenvalue weighted by molar-refractivity contribution is -0.385. The van der Waals surface area contributed by atoms with Crippen molar-refractivity contribution in [3.63, 3.8) is 0 Å². The highest BCUT2D eigenvalue weighted by Gasteiger charge is 2.52. The van der Waals surface area contributed by atoms with Crippen LogP contribution in [-0.2, 0) is 16.1 Å². The molecule has 8 nitrogen and oxygen atoms in total. The highest BCUT2D eigenvalue weighted by Crippen LogP contribution is 2.41. The predicted molar refractivity (Wildman–Crippen MR) is 116 cm³/mol. The highest BCUT2D eigenvalue weighted by atomic mass is 35.5. The van der Waals surface area contributed by atoms with E-state index in [2.05, 4.69) is 0 Å². The number of nitro groups is 1. The predicted octanol–water partition coefficient (Wildman–Crippen LogP) is 4.23. The van der Waals surface area contributed by atoms with Crippen LogP contribution in [0.5, 0.6) is 0 Å². The minimum Gasteiger partial charge on any atom is -0.272 e. The van der Waals surface area contributed by atoms with Crippen molar-refractivity contribution in [2.24, 2.45) is 17.8 Å². The van der Waals surface area contributed by atoms with Crippen LogP contribution < -0.4 is 0 Å². The fraction of sp³-hybridized carbons (Fsp3) is 0.348. The van der Waals surface area contributed by atoms with E-state index < -0.39 is 34.5 Å². The van der Waals surface area contributed by atoms with Gasteiger partial charge in [-0.15, -0.1) is 0 Å². The number of fused-ring (bicyclic) bond motifs is 1. The summed E-state index contributed by atoms with van der Waals surface area (Å²) in [5, 5.41) is 13.6. The third-order valence-electron chi connectivity index (χ3n) is 6.25. The summed E-state index contributed by atoms with van der Waals surface area (Å²) in [6, 6.07) is 12.3. The fourth-order valence-corrected chi connectivity index (χ4v) is 4.82. The van der Waals surface area contributed by atoms with Crippen molar-refractivity contribution in [3.05, 3.63) is 74.8 Å². The molecule has 2 aromatic rings. The normalized spacial score (nSPS) is 22.6. The van der Waals surface area contributed by atoms with Gasteiger partial charge >= 0.3 is 0 Å². The molecule has 166 valence electrons. The Morgan fingerprint density at radius 2 is 1.75 bits per heavy atom. The third-order valence-corrected chi connectivity index (χ3v) is 6.58. The van der Waals surface area contributed by atoms with Crippen LogP contribution >= 0.6 is 11.6 Å². The summed E-state index contributed by atoms with van der Waals surface area (Å²) in [6.07, 6.45) is 1.98. The van der Waals surface area contributed by atoms with E-state index in [0.717, 1.165) is 16.4 Å². The number of carbonyl (C=O) groups is 3. The molecular formula is C23H22ClN3O5. The van der Waals surface area contributed by atoms with Crippen molar-refractivity contribution in [2.45, 2.75) is 32.7 Å². The molecular weight excluding hydrogens is 434 g/mol. The molecule has 1 aliphatic carbocycles. The molecule has 1 saturated heterocycles. The van der Waals surface area contributed by atoms with Crippen LogP contribution in [0.3, 0.4) is 0 Å². The van der Waals surface area contributed by atoms with Crippen LogP contribution in [0.4, 0.5) is 5.69 Å². The van der Waals surface area contributed by atoms with E-state index in [0.29, 0.717) is 18.8 Å². The fourth-order valence-electron chi connectivity index (χ4n) is 4.60. The molecule has 3 atom stereocenters. The number of nitrogens with zero attached hydrogens (tertiary/aromatic N) is 3. The first kappa shape index (κ1) is 22.0. The molecule has 9 heteroatoms. The smallest absolute Gasteiger partial charge is 0.272 e. The number of hydrogen-bond donors (Lipinski definition) is 0. The second kappa shape index (κ2) is 8.70. The van der Waals surface area contributed by atoms with Crippen molar-refractivity contribution in [3.8, 4) is 0 Å². The van der Waals surface area contributed by atoms with Gasteiger partial charge in [0.05, 0.1) is 39.5 Å². The number of para-hydroxylation sites is 1. The van der Waals surface area contributed by atoms with Gasteiger partial charge in [0.2, 0.25) is 0 Å². The number of amides is 3. The van der Waals surface area contributed by atoms with Crippen LogP contribution in [-0.4, -0.2) is 32.7 Å². The summed E-state index contributed by atoms with van der Waals surface area (Å²) < 4.78 is 0. The van der Waals surface area contributed by atoms with E-state index in [1.54, 1.807) is 18.2 Å². The summed E-state index contributed by atoms with van der Waals surface area (Å²) >= 11 is 6.22. The maximum absolute atomic E-state index is 13.5. The van der Waals surface area contributed by atoms with Crippen LogP contribution in [0.2, 0.25) is 5.02 Å². The first-order valence-corrected chi connectivity index (χ1v) is 10.8. The number of nitro benzene ring substituents is 1. The maximum atomic E-state index is 13.5. The van der Waals surface area contributed by atoms with Gasteiger partial charge in [-0.2, -0.15) is 5.01 Å². The van der Waals surface area contributed by atoms with Crippen molar-refractivity contribution < 1.29 is 19.3 Å². The standard InChI is InChI=1S/C23H22ClN3O5/c1-14-10-11-16-18(12-14)23(30)26(22(16)29)25(21(28)17-7-3-4-8-19(17)24)13-15-6-2-5-9-20(15)27(31)32/h2-9,14,16,18H,10-13H2,1H3/t14-,16+,18+/m1/s1. The molecule has 0 spiro atoms. The Hall–Kier alpha value is -3.26. The van der Waals surface area contributed by atoms with Gasteiger partial charge in [0, 0.05) is 6.07 Å². The van der Waals surface area contributed by atoms with Gasteiger partial charge in [-0.05, 0) is 37.3 Å². The first-order chi connectivity index (χ1) is 15.3. The molecule has 1 aliphatic heterocycles. The molecule has 1 heterocycles. The minimum atomic E-state index is -0.665. The zero-order valence-electron chi connectivity index (χ0n) is 17.4. The maximum Gasteiger partial charge on any atom is 0.274 e. The van der Waals surface area contributed by atoms with E-state index in [1.807, 2.05) is 6.92 Å². The number of halogens is 1. The summed E-state index contributed by atoms with van der Waals surface area (Å²) in [5.41, 5.74) is 0.118. The number of benzene rings is 2. The van der Waals surface area contributed by atoms with Crippen LogP contribution in [0.1, 0.15) is 42.1 Å². The number of imide groups is 1. The van der Waals surface area contributed by atoms with Gasteiger partial charge in [0.25, 0.3) is 23.4 Å².